The van der Waals surface area contributed by atoms with Crippen molar-refractivity contribution in [3.63, 3.8) is 0 Å². The van der Waals surface area contributed by atoms with Crippen LogP contribution in [0, 0.1) is 5.82 Å². The second-order valence-electron chi connectivity index (χ2n) is 6.04. The first-order valence-electron chi connectivity index (χ1n) is 7.31. The molecule has 0 atom stereocenters. The highest BCUT2D eigenvalue weighted by molar-refractivity contribution is 7.92. The predicted octanol–water partition coefficient (Wildman–Crippen LogP) is 1.77. The van der Waals surface area contributed by atoms with Gasteiger partial charge in [0.25, 0.3) is 0 Å². The summed E-state index contributed by atoms with van der Waals surface area (Å²) in [7, 11) is -3.63. The molecule has 0 aromatic heterocycles. The third-order valence-corrected chi connectivity index (χ3v) is 6.94. The van der Waals surface area contributed by atoms with Gasteiger partial charge < -0.3 is 10.5 Å². The Morgan fingerprint density at radius 2 is 1.95 bits per heavy atom. The molecule has 0 amide bonds. The van der Waals surface area contributed by atoms with Gasteiger partial charge in [-0.15, -0.1) is 0 Å². The molecule has 0 unspecified atom stereocenters. The number of hydrogen-bond acceptors (Lipinski definition) is 4. The highest BCUT2D eigenvalue weighted by Gasteiger charge is 2.38. The molecule has 1 aromatic carbocycles. The second kappa shape index (κ2) is 5.34. The van der Waals surface area contributed by atoms with Crippen LogP contribution in [-0.4, -0.2) is 33.4 Å². The van der Waals surface area contributed by atoms with Crippen LogP contribution in [0.1, 0.15) is 31.2 Å². The van der Waals surface area contributed by atoms with Crippen LogP contribution in [0.2, 0.25) is 0 Å². The maximum atomic E-state index is 14.4. The summed E-state index contributed by atoms with van der Waals surface area (Å²) < 4.78 is 43.8. The third kappa shape index (κ3) is 2.39. The molecular formula is C15H20FNO3S. The van der Waals surface area contributed by atoms with Crippen molar-refractivity contribution < 1.29 is 17.5 Å². The van der Waals surface area contributed by atoms with Crippen LogP contribution in [0.3, 0.4) is 0 Å². The van der Waals surface area contributed by atoms with Crippen LogP contribution >= 0.6 is 0 Å². The fraction of sp³-hybridized carbons (Fsp3) is 0.600. The van der Waals surface area contributed by atoms with E-state index >= 15 is 0 Å². The highest BCUT2D eigenvalue weighted by atomic mass is 32.2. The molecule has 1 aliphatic carbocycles. The Balaban J connectivity index is 1.96. The number of benzene rings is 1. The van der Waals surface area contributed by atoms with Gasteiger partial charge >= 0.3 is 0 Å². The van der Waals surface area contributed by atoms with Crippen LogP contribution in [0.4, 0.5) is 4.39 Å². The fourth-order valence-electron chi connectivity index (χ4n) is 3.30. The van der Waals surface area contributed by atoms with Gasteiger partial charge in [0, 0.05) is 12.0 Å². The molecule has 1 saturated heterocycles. The van der Waals surface area contributed by atoms with Gasteiger partial charge in [-0.25, -0.2) is 12.8 Å². The van der Waals surface area contributed by atoms with E-state index < -0.39 is 20.9 Å². The summed E-state index contributed by atoms with van der Waals surface area (Å²) in [6, 6.07) is 4.49. The summed E-state index contributed by atoms with van der Waals surface area (Å²) >= 11 is 0. The lowest BCUT2D eigenvalue weighted by molar-refractivity contribution is 0.0415. The number of ether oxygens (including phenoxy) is 1. The number of rotatable bonds is 4. The molecule has 1 aromatic rings. The smallest absolute Gasteiger partial charge is 0.188 e. The minimum atomic E-state index is -3.63. The molecule has 1 heterocycles. The molecule has 2 N–H and O–H groups in total. The van der Waals surface area contributed by atoms with Crippen LogP contribution in [0.15, 0.2) is 23.1 Å². The lowest BCUT2D eigenvalue weighted by atomic mass is 9.79. The third-order valence-electron chi connectivity index (χ3n) is 4.85. The number of nitrogens with two attached hydrogens (primary N) is 1. The first kappa shape index (κ1) is 14.9. The zero-order valence-electron chi connectivity index (χ0n) is 11.8. The van der Waals surface area contributed by atoms with E-state index in [0.717, 1.165) is 31.2 Å². The Labute approximate surface area is 124 Å². The van der Waals surface area contributed by atoms with E-state index in [4.69, 9.17) is 10.5 Å². The van der Waals surface area contributed by atoms with Gasteiger partial charge in [0.2, 0.25) is 0 Å². The SMILES string of the molecule is NCC1(c2ccc(S(=O)(=O)C3COC3)c(F)c2)CCCC1. The first-order valence-corrected chi connectivity index (χ1v) is 8.86. The van der Waals surface area contributed by atoms with E-state index in [-0.39, 0.29) is 23.5 Å². The summed E-state index contributed by atoms with van der Waals surface area (Å²) in [5.41, 5.74) is 6.53. The standard InChI is InChI=1S/C15H20FNO3S/c16-13-7-11(15(10-17)5-1-2-6-15)3-4-14(13)21(18,19)12-8-20-9-12/h3-4,7,12H,1-2,5-6,8-10,17H2. The van der Waals surface area contributed by atoms with Crippen LogP contribution < -0.4 is 5.73 Å². The topological polar surface area (TPSA) is 69.4 Å². The summed E-state index contributed by atoms with van der Waals surface area (Å²) in [5, 5.41) is -0.618. The molecule has 1 aliphatic heterocycles. The molecule has 2 aliphatic rings. The molecule has 4 nitrogen and oxygen atoms in total. The monoisotopic (exact) mass is 313 g/mol. The van der Waals surface area contributed by atoms with E-state index in [9.17, 15) is 12.8 Å². The Morgan fingerprint density at radius 3 is 2.43 bits per heavy atom. The van der Waals surface area contributed by atoms with E-state index in [1.165, 1.54) is 12.1 Å². The highest BCUT2D eigenvalue weighted by Crippen LogP contribution is 2.41. The Bertz CT molecular complexity index is 634. The van der Waals surface area contributed by atoms with Crippen molar-refractivity contribution in [2.75, 3.05) is 19.8 Å². The molecule has 0 radical (unpaired) electrons. The van der Waals surface area contributed by atoms with E-state index in [1.54, 1.807) is 6.07 Å². The zero-order chi connectivity index (χ0) is 15.1. The molecule has 6 heteroatoms. The van der Waals surface area contributed by atoms with E-state index in [1.807, 2.05) is 0 Å². The van der Waals surface area contributed by atoms with Crippen LogP contribution in [-0.2, 0) is 20.0 Å². The lowest BCUT2D eigenvalue weighted by Crippen LogP contribution is -2.41. The Morgan fingerprint density at radius 1 is 1.29 bits per heavy atom. The Hall–Kier alpha value is -0.980. The van der Waals surface area contributed by atoms with Gasteiger partial charge in [-0.1, -0.05) is 18.9 Å². The number of sulfone groups is 1. The van der Waals surface area contributed by atoms with Crippen molar-refractivity contribution in [2.24, 2.45) is 5.73 Å². The number of hydrogen-bond donors (Lipinski definition) is 1. The predicted molar refractivity (Wildman–Crippen MR) is 77.4 cm³/mol. The first-order chi connectivity index (χ1) is 9.99. The molecule has 21 heavy (non-hydrogen) atoms. The molecule has 0 bridgehead atoms. The largest absolute Gasteiger partial charge is 0.379 e. The second-order valence-corrected chi connectivity index (χ2v) is 8.24. The average molecular weight is 313 g/mol. The van der Waals surface area contributed by atoms with E-state index in [0.29, 0.717) is 6.54 Å². The quantitative estimate of drug-likeness (QED) is 0.920. The maximum Gasteiger partial charge on any atom is 0.188 e. The summed E-state index contributed by atoms with van der Waals surface area (Å²) in [4.78, 5) is -0.218. The average Bonchev–Trinajstić information content (AvgIpc) is 2.85. The summed E-state index contributed by atoms with van der Waals surface area (Å²) in [6.07, 6.45) is 4.04. The van der Waals surface area contributed by atoms with Crippen molar-refractivity contribution >= 4 is 9.84 Å². The van der Waals surface area contributed by atoms with Gasteiger partial charge in [-0.3, -0.25) is 0 Å². The molecular weight excluding hydrogens is 293 g/mol. The Kier molecular flexibility index (Phi) is 3.80. The lowest BCUT2D eigenvalue weighted by Gasteiger charge is -2.29. The van der Waals surface area contributed by atoms with E-state index in [2.05, 4.69) is 0 Å². The number of halogens is 1. The maximum absolute atomic E-state index is 14.4. The van der Waals surface area contributed by atoms with Crippen LogP contribution in [0.5, 0.6) is 0 Å². The molecule has 0 spiro atoms. The summed E-state index contributed by atoms with van der Waals surface area (Å²) in [6.45, 7) is 0.765. The normalized spacial score (nSPS) is 22.2. The van der Waals surface area contributed by atoms with Gasteiger partial charge in [-0.2, -0.15) is 0 Å². The van der Waals surface area contributed by atoms with Crippen molar-refractivity contribution in [3.05, 3.63) is 29.6 Å². The molecule has 1 saturated carbocycles. The van der Waals surface area contributed by atoms with Gasteiger partial charge in [0.05, 0.1) is 13.2 Å². The molecule has 116 valence electrons. The molecule has 3 rings (SSSR count). The van der Waals surface area contributed by atoms with Crippen molar-refractivity contribution in [1.29, 1.82) is 0 Å². The van der Waals surface area contributed by atoms with Gasteiger partial charge in [0.1, 0.15) is 16.0 Å². The van der Waals surface area contributed by atoms with Crippen LogP contribution in [0.25, 0.3) is 0 Å². The van der Waals surface area contributed by atoms with Gasteiger partial charge in [-0.05, 0) is 30.5 Å². The van der Waals surface area contributed by atoms with Crippen molar-refractivity contribution in [1.82, 2.24) is 0 Å². The minimum Gasteiger partial charge on any atom is -0.379 e. The zero-order valence-corrected chi connectivity index (χ0v) is 12.7. The molecule has 2 fully saturated rings. The van der Waals surface area contributed by atoms with Crippen molar-refractivity contribution in [3.8, 4) is 0 Å². The fourth-order valence-corrected chi connectivity index (χ4v) is 4.79. The minimum absolute atomic E-state index is 0.149. The summed E-state index contributed by atoms with van der Waals surface area (Å²) in [5.74, 6) is -0.667. The van der Waals surface area contributed by atoms with Crippen molar-refractivity contribution in [2.45, 2.75) is 41.2 Å². The van der Waals surface area contributed by atoms with Gasteiger partial charge in [0.15, 0.2) is 9.84 Å².